The highest BCUT2D eigenvalue weighted by molar-refractivity contribution is 5.19. The third-order valence-corrected chi connectivity index (χ3v) is 3.72. The van der Waals surface area contributed by atoms with Gasteiger partial charge in [0.2, 0.25) is 0 Å². The van der Waals surface area contributed by atoms with Crippen molar-refractivity contribution in [1.29, 1.82) is 0 Å². The Morgan fingerprint density at radius 3 is 2.59 bits per heavy atom. The van der Waals surface area contributed by atoms with Gasteiger partial charge in [-0.05, 0) is 40.0 Å². The van der Waals surface area contributed by atoms with Crippen molar-refractivity contribution in [3.8, 4) is 0 Å². The molecule has 1 aliphatic rings. The third-order valence-electron chi connectivity index (χ3n) is 3.72. The van der Waals surface area contributed by atoms with Crippen LogP contribution in [0, 0.1) is 6.92 Å². The summed E-state index contributed by atoms with van der Waals surface area (Å²) in [5, 5.41) is 0. The van der Waals surface area contributed by atoms with Crippen LogP contribution in [0.4, 0.5) is 0 Å². The summed E-state index contributed by atoms with van der Waals surface area (Å²) in [6.45, 7) is 6.29. The van der Waals surface area contributed by atoms with Gasteiger partial charge in [0, 0.05) is 23.6 Å². The fourth-order valence-electron chi connectivity index (χ4n) is 2.69. The number of aryl methyl sites for hydroxylation is 2. The Bertz CT molecular complexity index is 367. The molecule has 1 saturated carbocycles. The first-order valence-electron chi connectivity index (χ1n) is 6.80. The second kappa shape index (κ2) is 4.81. The SMILES string of the molecule is Cc1[nH]c(CCC(C)(C)N)nc1C1CCCC1. The van der Waals surface area contributed by atoms with E-state index in [1.165, 1.54) is 37.1 Å². The lowest BCUT2D eigenvalue weighted by Crippen LogP contribution is -2.32. The second-order valence-corrected chi connectivity index (χ2v) is 6.16. The molecule has 0 saturated heterocycles. The summed E-state index contributed by atoms with van der Waals surface area (Å²) in [4.78, 5) is 8.21. The molecule has 1 aliphatic carbocycles. The van der Waals surface area contributed by atoms with Crippen LogP contribution in [0.25, 0.3) is 0 Å². The molecule has 1 fully saturated rings. The van der Waals surface area contributed by atoms with Crippen LogP contribution < -0.4 is 5.73 Å². The van der Waals surface area contributed by atoms with Crippen molar-refractivity contribution in [2.45, 2.75) is 70.8 Å². The van der Waals surface area contributed by atoms with Crippen molar-refractivity contribution in [1.82, 2.24) is 9.97 Å². The lowest BCUT2D eigenvalue weighted by molar-refractivity contribution is 0.471. The van der Waals surface area contributed by atoms with E-state index in [1.54, 1.807) is 0 Å². The molecule has 17 heavy (non-hydrogen) atoms. The molecule has 0 spiro atoms. The highest BCUT2D eigenvalue weighted by Crippen LogP contribution is 2.34. The van der Waals surface area contributed by atoms with Crippen molar-refractivity contribution >= 4 is 0 Å². The third kappa shape index (κ3) is 3.32. The number of nitrogens with zero attached hydrogens (tertiary/aromatic N) is 1. The van der Waals surface area contributed by atoms with E-state index in [0.717, 1.165) is 18.7 Å². The molecular formula is C14H25N3. The first-order valence-corrected chi connectivity index (χ1v) is 6.80. The number of hydrogen-bond donors (Lipinski definition) is 2. The van der Waals surface area contributed by atoms with Crippen LogP contribution in [0.3, 0.4) is 0 Å². The monoisotopic (exact) mass is 235 g/mol. The van der Waals surface area contributed by atoms with E-state index in [9.17, 15) is 0 Å². The lowest BCUT2D eigenvalue weighted by atomic mass is 10.00. The minimum Gasteiger partial charge on any atom is -0.346 e. The average molecular weight is 235 g/mol. The zero-order chi connectivity index (χ0) is 12.5. The Hall–Kier alpha value is -0.830. The van der Waals surface area contributed by atoms with Gasteiger partial charge < -0.3 is 10.7 Å². The van der Waals surface area contributed by atoms with Gasteiger partial charge in [-0.2, -0.15) is 0 Å². The number of nitrogens with two attached hydrogens (primary N) is 1. The second-order valence-electron chi connectivity index (χ2n) is 6.16. The number of rotatable bonds is 4. The van der Waals surface area contributed by atoms with Gasteiger partial charge in [-0.15, -0.1) is 0 Å². The zero-order valence-corrected chi connectivity index (χ0v) is 11.3. The van der Waals surface area contributed by atoms with Crippen LogP contribution in [0.5, 0.6) is 0 Å². The van der Waals surface area contributed by atoms with Crippen LogP contribution in [0.2, 0.25) is 0 Å². The molecule has 0 aliphatic heterocycles. The number of aromatic amines is 1. The molecule has 3 nitrogen and oxygen atoms in total. The Balaban J connectivity index is 2.02. The van der Waals surface area contributed by atoms with E-state index in [2.05, 4.69) is 25.8 Å². The summed E-state index contributed by atoms with van der Waals surface area (Å²) in [5.41, 5.74) is 8.48. The summed E-state index contributed by atoms with van der Waals surface area (Å²) in [6, 6.07) is 0. The standard InChI is InChI=1S/C14H25N3/c1-10-13(11-6-4-5-7-11)17-12(16-10)8-9-14(2,3)15/h11H,4-9,15H2,1-3H3,(H,16,17). The van der Waals surface area contributed by atoms with Gasteiger partial charge in [0.05, 0.1) is 5.69 Å². The molecule has 0 unspecified atom stereocenters. The van der Waals surface area contributed by atoms with Crippen LogP contribution >= 0.6 is 0 Å². The molecule has 3 N–H and O–H groups in total. The molecule has 2 rings (SSSR count). The van der Waals surface area contributed by atoms with Crippen LogP contribution in [0.15, 0.2) is 0 Å². The van der Waals surface area contributed by atoms with Crippen molar-refractivity contribution in [3.63, 3.8) is 0 Å². The minimum atomic E-state index is -0.103. The van der Waals surface area contributed by atoms with Crippen molar-refractivity contribution in [2.24, 2.45) is 5.73 Å². The van der Waals surface area contributed by atoms with Crippen molar-refractivity contribution in [2.75, 3.05) is 0 Å². The Kier molecular flexibility index (Phi) is 3.57. The number of hydrogen-bond acceptors (Lipinski definition) is 2. The Morgan fingerprint density at radius 1 is 1.35 bits per heavy atom. The largest absolute Gasteiger partial charge is 0.346 e. The van der Waals surface area contributed by atoms with E-state index in [-0.39, 0.29) is 5.54 Å². The van der Waals surface area contributed by atoms with Gasteiger partial charge in [-0.25, -0.2) is 4.98 Å². The fraction of sp³-hybridized carbons (Fsp3) is 0.786. The molecule has 96 valence electrons. The molecule has 0 aromatic carbocycles. The molecule has 0 atom stereocenters. The summed E-state index contributed by atoms with van der Waals surface area (Å²) >= 11 is 0. The first-order chi connectivity index (χ1) is 7.96. The molecule has 1 heterocycles. The van der Waals surface area contributed by atoms with Crippen molar-refractivity contribution in [3.05, 3.63) is 17.2 Å². The maximum atomic E-state index is 6.01. The zero-order valence-electron chi connectivity index (χ0n) is 11.3. The maximum absolute atomic E-state index is 6.01. The minimum absolute atomic E-state index is 0.103. The Morgan fingerprint density at radius 2 is 2.00 bits per heavy atom. The topological polar surface area (TPSA) is 54.7 Å². The summed E-state index contributed by atoms with van der Waals surface area (Å²) in [7, 11) is 0. The van der Waals surface area contributed by atoms with E-state index >= 15 is 0 Å². The van der Waals surface area contributed by atoms with Crippen molar-refractivity contribution < 1.29 is 0 Å². The van der Waals surface area contributed by atoms with Crippen LogP contribution in [-0.4, -0.2) is 15.5 Å². The fourth-order valence-corrected chi connectivity index (χ4v) is 2.69. The van der Waals surface area contributed by atoms with Gasteiger partial charge in [-0.3, -0.25) is 0 Å². The van der Waals surface area contributed by atoms with E-state index in [4.69, 9.17) is 10.7 Å². The van der Waals surface area contributed by atoms with Gasteiger partial charge in [0.25, 0.3) is 0 Å². The highest BCUT2D eigenvalue weighted by atomic mass is 14.9. The lowest BCUT2D eigenvalue weighted by Gasteiger charge is -2.16. The summed E-state index contributed by atoms with van der Waals surface area (Å²) < 4.78 is 0. The van der Waals surface area contributed by atoms with Crippen LogP contribution in [0.1, 0.15) is 69.1 Å². The molecule has 1 aromatic rings. The van der Waals surface area contributed by atoms with Crippen LogP contribution in [-0.2, 0) is 6.42 Å². The number of imidazole rings is 1. The highest BCUT2D eigenvalue weighted by Gasteiger charge is 2.22. The maximum Gasteiger partial charge on any atom is 0.106 e. The van der Waals surface area contributed by atoms with E-state index in [1.807, 2.05) is 0 Å². The van der Waals surface area contributed by atoms with Gasteiger partial charge in [-0.1, -0.05) is 12.8 Å². The molecule has 0 radical (unpaired) electrons. The van der Waals surface area contributed by atoms with E-state index < -0.39 is 0 Å². The van der Waals surface area contributed by atoms with Gasteiger partial charge in [0.15, 0.2) is 0 Å². The number of nitrogens with one attached hydrogen (secondary N) is 1. The van der Waals surface area contributed by atoms with Gasteiger partial charge >= 0.3 is 0 Å². The molecule has 1 aromatic heterocycles. The molecule has 0 amide bonds. The summed E-state index contributed by atoms with van der Waals surface area (Å²) in [5.74, 6) is 1.81. The quantitative estimate of drug-likeness (QED) is 0.842. The number of aromatic nitrogens is 2. The smallest absolute Gasteiger partial charge is 0.106 e. The normalized spacial score (nSPS) is 17.9. The Labute approximate surface area is 104 Å². The molecular weight excluding hydrogens is 210 g/mol. The predicted octanol–water partition coefficient (Wildman–Crippen LogP) is 3.05. The molecule has 0 bridgehead atoms. The average Bonchev–Trinajstić information content (AvgIpc) is 2.82. The molecule has 3 heteroatoms. The first kappa shape index (κ1) is 12.6. The predicted molar refractivity (Wildman–Crippen MR) is 71.1 cm³/mol. The number of H-pyrrole nitrogens is 1. The van der Waals surface area contributed by atoms with Gasteiger partial charge in [0.1, 0.15) is 5.82 Å². The summed E-state index contributed by atoms with van der Waals surface area (Å²) in [6.07, 6.45) is 7.28. The van der Waals surface area contributed by atoms with E-state index in [0.29, 0.717) is 5.92 Å².